The number of hydrogen-bond acceptors (Lipinski definition) is 5. The lowest BCUT2D eigenvalue weighted by Crippen LogP contribution is -2.06. The van der Waals surface area contributed by atoms with Gasteiger partial charge in [0, 0.05) is 7.11 Å². The fraction of sp³-hybridized carbons (Fsp3) is 0.833. The molecule has 9 heteroatoms. The second kappa shape index (κ2) is 9.80. The molecule has 0 radical (unpaired) electrons. The van der Waals surface area contributed by atoms with Crippen LogP contribution in [0.25, 0.3) is 0 Å². The Hall–Kier alpha value is -0.740. The van der Waals surface area contributed by atoms with Crippen molar-refractivity contribution in [1.29, 1.82) is 0 Å². The van der Waals surface area contributed by atoms with Gasteiger partial charge in [-0.15, -0.1) is 0 Å². The van der Waals surface area contributed by atoms with Gasteiger partial charge in [0.15, 0.2) is 0 Å². The molecule has 0 saturated carbocycles. The van der Waals surface area contributed by atoms with Gasteiger partial charge < -0.3 is 14.6 Å². The van der Waals surface area contributed by atoms with Gasteiger partial charge in [0.25, 0.3) is 0 Å². The third-order valence-electron chi connectivity index (χ3n) is 0.892. The first kappa shape index (κ1) is 16.7. The van der Waals surface area contributed by atoms with E-state index in [1.807, 2.05) is 0 Å². The lowest BCUT2D eigenvalue weighted by atomic mass is 10.5. The SMILES string of the molecule is COCCOCCC(=O)O.O=S(=O)(O)O. The van der Waals surface area contributed by atoms with E-state index in [4.69, 9.17) is 27.4 Å². The van der Waals surface area contributed by atoms with Crippen molar-refractivity contribution in [3.05, 3.63) is 0 Å². The van der Waals surface area contributed by atoms with Gasteiger partial charge in [0.1, 0.15) is 0 Å². The van der Waals surface area contributed by atoms with E-state index in [0.717, 1.165) is 0 Å². The lowest BCUT2D eigenvalue weighted by Gasteiger charge is -1.99. The van der Waals surface area contributed by atoms with Crippen LogP contribution in [0.5, 0.6) is 0 Å². The lowest BCUT2D eigenvalue weighted by molar-refractivity contribution is -0.138. The van der Waals surface area contributed by atoms with Gasteiger partial charge in [0.05, 0.1) is 26.2 Å². The quantitative estimate of drug-likeness (QED) is 0.421. The van der Waals surface area contributed by atoms with Gasteiger partial charge in [-0.2, -0.15) is 8.42 Å². The van der Waals surface area contributed by atoms with Crippen LogP contribution in [0.15, 0.2) is 0 Å². The minimum Gasteiger partial charge on any atom is -0.481 e. The number of carboxylic acids is 1. The highest BCUT2D eigenvalue weighted by molar-refractivity contribution is 7.79. The van der Waals surface area contributed by atoms with Crippen molar-refractivity contribution in [2.24, 2.45) is 0 Å². The van der Waals surface area contributed by atoms with E-state index in [-0.39, 0.29) is 13.0 Å². The van der Waals surface area contributed by atoms with Gasteiger partial charge in [-0.05, 0) is 0 Å². The molecule has 0 amide bonds. The Bertz CT molecular complexity index is 238. The molecule has 92 valence electrons. The fourth-order valence-corrected chi connectivity index (χ4v) is 0.404. The second-order valence-corrected chi connectivity index (χ2v) is 3.09. The third-order valence-corrected chi connectivity index (χ3v) is 0.892. The Balaban J connectivity index is 0. The highest BCUT2D eigenvalue weighted by Gasteiger charge is 1.94. The van der Waals surface area contributed by atoms with Gasteiger partial charge in [0.2, 0.25) is 0 Å². The van der Waals surface area contributed by atoms with Crippen molar-refractivity contribution >= 4 is 16.4 Å². The van der Waals surface area contributed by atoms with Crippen LogP contribution in [-0.4, -0.2) is 55.5 Å². The molecule has 0 aliphatic heterocycles. The summed E-state index contributed by atoms with van der Waals surface area (Å²) in [5.41, 5.74) is 0. The van der Waals surface area contributed by atoms with Gasteiger partial charge >= 0.3 is 16.4 Å². The number of hydrogen-bond donors (Lipinski definition) is 3. The third kappa shape index (κ3) is 42.9. The van der Waals surface area contributed by atoms with E-state index < -0.39 is 16.4 Å². The second-order valence-electron chi connectivity index (χ2n) is 2.20. The predicted octanol–water partition coefficient (Wildman–Crippen LogP) is -0.529. The van der Waals surface area contributed by atoms with Crippen LogP contribution in [0.4, 0.5) is 0 Å². The van der Waals surface area contributed by atoms with E-state index in [1.54, 1.807) is 7.11 Å². The summed E-state index contributed by atoms with van der Waals surface area (Å²) in [5, 5.41) is 8.16. The fourth-order valence-electron chi connectivity index (χ4n) is 0.404. The number of methoxy groups -OCH3 is 1. The number of aliphatic carboxylic acids is 1. The van der Waals surface area contributed by atoms with Crippen LogP contribution in [0.2, 0.25) is 0 Å². The molecule has 0 rings (SSSR count). The first-order chi connectivity index (χ1) is 6.77. The Morgan fingerprint density at radius 3 is 2.00 bits per heavy atom. The van der Waals surface area contributed by atoms with Crippen molar-refractivity contribution in [2.45, 2.75) is 6.42 Å². The van der Waals surface area contributed by atoms with Crippen LogP contribution >= 0.6 is 0 Å². The summed E-state index contributed by atoms with van der Waals surface area (Å²) in [4.78, 5) is 9.92. The normalized spacial score (nSPS) is 10.3. The summed E-state index contributed by atoms with van der Waals surface area (Å²) in [7, 11) is -3.10. The molecule has 3 N–H and O–H groups in total. The highest BCUT2D eigenvalue weighted by atomic mass is 32.3. The minimum atomic E-state index is -4.67. The minimum absolute atomic E-state index is 0.0592. The standard InChI is InChI=1S/C6H12O4.H2O4S/c1-9-4-5-10-3-2-6(7)8;1-5(2,3)4/h2-5H2,1H3,(H,7,8);(H2,1,2,3,4). The average Bonchev–Trinajstić information content (AvgIpc) is 2.00. The van der Waals surface area contributed by atoms with Crippen molar-refractivity contribution in [1.82, 2.24) is 0 Å². The van der Waals surface area contributed by atoms with Crippen LogP contribution in [0.1, 0.15) is 6.42 Å². The van der Waals surface area contributed by atoms with Crippen molar-refractivity contribution < 1.29 is 36.9 Å². The first-order valence-electron chi connectivity index (χ1n) is 3.75. The number of carbonyl (C=O) groups is 1. The van der Waals surface area contributed by atoms with Crippen molar-refractivity contribution in [2.75, 3.05) is 26.9 Å². The van der Waals surface area contributed by atoms with Crippen LogP contribution in [0.3, 0.4) is 0 Å². The topological polar surface area (TPSA) is 130 Å². The average molecular weight is 246 g/mol. The summed E-state index contributed by atoms with van der Waals surface area (Å²) in [5.74, 6) is -0.836. The molecule has 0 aromatic carbocycles. The first-order valence-corrected chi connectivity index (χ1v) is 5.15. The zero-order valence-electron chi connectivity index (χ0n) is 8.12. The van der Waals surface area contributed by atoms with Crippen molar-refractivity contribution in [3.8, 4) is 0 Å². The summed E-state index contributed by atoms with van der Waals surface area (Å²) < 4.78 is 41.1. The predicted molar refractivity (Wildman–Crippen MR) is 49.1 cm³/mol. The number of carboxylic acid groups (broad SMARTS) is 1. The zero-order valence-corrected chi connectivity index (χ0v) is 8.94. The maximum atomic E-state index is 9.92. The van der Waals surface area contributed by atoms with E-state index in [1.165, 1.54) is 0 Å². The van der Waals surface area contributed by atoms with Gasteiger partial charge in [-0.3, -0.25) is 13.9 Å². The van der Waals surface area contributed by atoms with E-state index >= 15 is 0 Å². The summed E-state index contributed by atoms with van der Waals surface area (Å²) in [6.07, 6.45) is 0.0592. The molecule has 0 aliphatic rings. The molecular weight excluding hydrogens is 232 g/mol. The molecule has 0 bridgehead atoms. The van der Waals surface area contributed by atoms with E-state index in [9.17, 15) is 4.79 Å². The van der Waals surface area contributed by atoms with E-state index in [2.05, 4.69) is 4.74 Å². The molecular formula is C6H14O8S. The van der Waals surface area contributed by atoms with Crippen LogP contribution in [-0.2, 0) is 24.7 Å². The number of rotatable bonds is 6. The zero-order chi connectivity index (χ0) is 12.3. The molecule has 15 heavy (non-hydrogen) atoms. The van der Waals surface area contributed by atoms with Gasteiger partial charge in [-0.1, -0.05) is 0 Å². The molecule has 0 heterocycles. The molecule has 0 fully saturated rings. The monoisotopic (exact) mass is 246 g/mol. The summed E-state index contributed by atoms with van der Waals surface area (Å²) in [6.45, 7) is 1.24. The van der Waals surface area contributed by atoms with Crippen LogP contribution < -0.4 is 0 Å². The Labute approximate surface area is 87.4 Å². The summed E-state index contributed by atoms with van der Waals surface area (Å²) >= 11 is 0. The molecule has 0 saturated heterocycles. The summed E-state index contributed by atoms with van der Waals surface area (Å²) in [6, 6.07) is 0. The molecule has 0 unspecified atom stereocenters. The Morgan fingerprint density at radius 2 is 1.67 bits per heavy atom. The highest BCUT2D eigenvalue weighted by Crippen LogP contribution is 1.81. The van der Waals surface area contributed by atoms with Gasteiger partial charge in [-0.25, -0.2) is 0 Å². The van der Waals surface area contributed by atoms with Crippen molar-refractivity contribution in [3.63, 3.8) is 0 Å². The maximum Gasteiger partial charge on any atom is 0.394 e. The largest absolute Gasteiger partial charge is 0.481 e. The molecule has 8 nitrogen and oxygen atoms in total. The number of ether oxygens (including phenoxy) is 2. The molecule has 0 aliphatic carbocycles. The molecule has 0 aromatic rings. The Kier molecular flexibility index (Phi) is 10.9. The smallest absolute Gasteiger partial charge is 0.394 e. The van der Waals surface area contributed by atoms with Crippen LogP contribution in [0, 0.1) is 0 Å². The maximum absolute atomic E-state index is 9.92. The molecule has 0 atom stereocenters. The van der Waals surface area contributed by atoms with E-state index in [0.29, 0.717) is 13.2 Å². The molecule has 0 aromatic heterocycles. The molecule has 0 spiro atoms. The Morgan fingerprint density at radius 1 is 1.20 bits per heavy atom.